The van der Waals surface area contributed by atoms with Crippen molar-refractivity contribution < 1.29 is 0 Å². The highest BCUT2D eigenvalue weighted by Gasteiger charge is 2.11. The first-order valence-corrected chi connectivity index (χ1v) is 9.34. The molecular formula is C15H10Br2S2. The largest absolute Gasteiger partial charge is 0.134 e. The summed E-state index contributed by atoms with van der Waals surface area (Å²) in [6.07, 6.45) is 2.12. The van der Waals surface area contributed by atoms with E-state index in [1.54, 1.807) is 11.8 Å². The molecule has 3 aromatic rings. The van der Waals surface area contributed by atoms with Gasteiger partial charge >= 0.3 is 0 Å². The number of hydrogen-bond donors (Lipinski definition) is 0. The van der Waals surface area contributed by atoms with Crippen LogP contribution in [0.5, 0.6) is 0 Å². The van der Waals surface area contributed by atoms with Crippen LogP contribution in [0.15, 0.2) is 56.3 Å². The van der Waals surface area contributed by atoms with E-state index in [1.165, 1.54) is 29.9 Å². The van der Waals surface area contributed by atoms with Crippen LogP contribution in [0.3, 0.4) is 0 Å². The molecule has 0 aliphatic carbocycles. The van der Waals surface area contributed by atoms with Crippen LogP contribution in [0, 0.1) is 0 Å². The Kier molecular flexibility index (Phi) is 4.03. The lowest BCUT2D eigenvalue weighted by atomic mass is 10.1. The molecule has 2 aromatic carbocycles. The van der Waals surface area contributed by atoms with Gasteiger partial charge in [0.05, 0.1) is 0 Å². The van der Waals surface area contributed by atoms with Gasteiger partial charge in [-0.3, -0.25) is 0 Å². The first kappa shape index (κ1) is 13.7. The van der Waals surface area contributed by atoms with E-state index in [4.69, 9.17) is 0 Å². The third kappa shape index (κ3) is 2.51. The molecule has 0 unspecified atom stereocenters. The Hall–Kier alpha value is -0.290. The van der Waals surface area contributed by atoms with Crippen LogP contribution in [0.4, 0.5) is 0 Å². The highest BCUT2D eigenvalue weighted by Crippen LogP contribution is 2.42. The van der Waals surface area contributed by atoms with Crippen LogP contribution in [-0.4, -0.2) is 6.26 Å². The molecule has 19 heavy (non-hydrogen) atoms. The summed E-state index contributed by atoms with van der Waals surface area (Å²) in [6, 6.07) is 15.0. The summed E-state index contributed by atoms with van der Waals surface area (Å²) in [5.41, 5.74) is 1.30. The van der Waals surface area contributed by atoms with Gasteiger partial charge in [0.25, 0.3) is 0 Å². The number of halogens is 2. The third-order valence-corrected chi connectivity index (χ3v) is 6.84. The molecule has 1 heterocycles. The van der Waals surface area contributed by atoms with Gasteiger partial charge in [-0.25, -0.2) is 0 Å². The summed E-state index contributed by atoms with van der Waals surface area (Å²) in [7, 11) is 0. The molecule has 96 valence electrons. The quantitative estimate of drug-likeness (QED) is 0.415. The Bertz CT molecular complexity index is 747. The highest BCUT2D eigenvalue weighted by atomic mass is 79.9. The smallest absolute Gasteiger partial charge is 0.0491 e. The summed E-state index contributed by atoms with van der Waals surface area (Å²) in [5.74, 6) is 0. The number of hydrogen-bond acceptors (Lipinski definition) is 2. The maximum absolute atomic E-state index is 3.64. The monoisotopic (exact) mass is 412 g/mol. The van der Waals surface area contributed by atoms with E-state index in [0.717, 1.165) is 4.47 Å². The third-order valence-electron chi connectivity index (χ3n) is 2.93. The molecule has 0 aliphatic heterocycles. The molecule has 0 saturated carbocycles. The highest BCUT2D eigenvalue weighted by molar-refractivity contribution is 9.11. The fourth-order valence-electron chi connectivity index (χ4n) is 2.07. The van der Waals surface area contributed by atoms with E-state index in [1.807, 2.05) is 11.3 Å². The van der Waals surface area contributed by atoms with Gasteiger partial charge in [0.1, 0.15) is 0 Å². The lowest BCUT2D eigenvalue weighted by Crippen LogP contribution is -1.79. The average molecular weight is 414 g/mol. The lowest BCUT2D eigenvalue weighted by molar-refractivity contribution is 1.42. The molecule has 0 atom stereocenters. The van der Waals surface area contributed by atoms with Crippen LogP contribution >= 0.6 is 55.0 Å². The van der Waals surface area contributed by atoms with E-state index < -0.39 is 0 Å². The van der Waals surface area contributed by atoms with Crippen molar-refractivity contribution >= 4 is 65.0 Å². The Labute approximate surface area is 137 Å². The standard InChI is InChI=1S/C15H10Br2S2/c1-18-15-10(5-3-7-12(15)17)13-8-9-4-2-6-11(16)14(9)19-13/h2-8H,1H3. The zero-order valence-electron chi connectivity index (χ0n) is 10.1. The predicted octanol–water partition coefficient (Wildman–Crippen LogP) is 6.82. The first-order chi connectivity index (χ1) is 9.20. The number of benzene rings is 2. The van der Waals surface area contributed by atoms with E-state index in [9.17, 15) is 0 Å². The van der Waals surface area contributed by atoms with E-state index >= 15 is 0 Å². The van der Waals surface area contributed by atoms with Crippen LogP contribution in [-0.2, 0) is 0 Å². The average Bonchev–Trinajstić information content (AvgIpc) is 2.84. The minimum absolute atomic E-state index is 1.16. The molecule has 1 aromatic heterocycles. The fourth-order valence-corrected chi connectivity index (χ4v) is 5.37. The molecule has 0 amide bonds. The van der Waals surface area contributed by atoms with Gasteiger partial charge in [-0.1, -0.05) is 24.3 Å². The van der Waals surface area contributed by atoms with Gasteiger partial charge in [0, 0.05) is 29.0 Å². The molecule has 0 bridgehead atoms. The van der Waals surface area contributed by atoms with Crippen LogP contribution in [0.1, 0.15) is 0 Å². The maximum Gasteiger partial charge on any atom is 0.0491 e. The molecule has 3 rings (SSSR count). The normalized spacial score (nSPS) is 11.1. The SMILES string of the molecule is CSc1c(Br)cccc1-c1cc2cccc(Br)c2s1. The minimum atomic E-state index is 1.16. The van der Waals surface area contributed by atoms with Crippen molar-refractivity contribution in [2.24, 2.45) is 0 Å². The van der Waals surface area contributed by atoms with Gasteiger partial charge in [-0.2, -0.15) is 0 Å². The molecule has 0 fully saturated rings. The number of rotatable bonds is 2. The van der Waals surface area contributed by atoms with Crippen molar-refractivity contribution in [1.29, 1.82) is 0 Å². The van der Waals surface area contributed by atoms with Gasteiger partial charge < -0.3 is 0 Å². The van der Waals surface area contributed by atoms with Crippen LogP contribution < -0.4 is 0 Å². The second-order valence-corrected chi connectivity index (χ2v) is 7.67. The van der Waals surface area contributed by atoms with Crippen molar-refractivity contribution in [2.75, 3.05) is 6.26 Å². The Morgan fingerprint density at radius 2 is 1.74 bits per heavy atom. The van der Waals surface area contributed by atoms with Crippen molar-refractivity contribution in [3.8, 4) is 10.4 Å². The van der Waals surface area contributed by atoms with E-state index in [0.29, 0.717) is 0 Å². The Morgan fingerprint density at radius 1 is 1.00 bits per heavy atom. The second kappa shape index (κ2) is 5.60. The van der Waals surface area contributed by atoms with Gasteiger partial charge in [0.15, 0.2) is 0 Å². The summed E-state index contributed by atoms with van der Waals surface area (Å²) in [6.45, 7) is 0. The minimum Gasteiger partial charge on any atom is -0.134 e. The molecule has 0 radical (unpaired) electrons. The summed E-state index contributed by atoms with van der Waals surface area (Å²) in [5, 5.41) is 1.29. The summed E-state index contributed by atoms with van der Waals surface area (Å²) < 4.78 is 3.64. The second-order valence-electron chi connectivity index (χ2n) is 4.09. The zero-order chi connectivity index (χ0) is 13.4. The topological polar surface area (TPSA) is 0 Å². The lowest BCUT2D eigenvalue weighted by Gasteiger charge is -2.06. The molecule has 0 aliphatic rings. The van der Waals surface area contributed by atoms with Crippen molar-refractivity contribution in [1.82, 2.24) is 0 Å². The molecule has 0 nitrogen and oxygen atoms in total. The van der Waals surface area contributed by atoms with Crippen LogP contribution in [0.25, 0.3) is 20.5 Å². The number of thioether (sulfide) groups is 1. The van der Waals surface area contributed by atoms with E-state index in [2.05, 4.69) is 80.6 Å². The van der Waals surface area contributed by atoms with E-state index in [-0.39, 0.29) is 0 Å². The summed E-state index contributed by atoms with van der Waals surface area (Å²) in [4.78, 5) is 2.61. The van der Waals surface area contributed by atoms with Crippen molar-refractivity contribution in [3.63, 3.8) is 0 Å². The van der Waals surface area contributed by atoms with Gasteiger partial charge in [-0.15, -0.1) is 23.1 Å². The molecule has 0 saturated heterocycles. The Balaban J connectivity index is 2.25. The first-order valence-electron chi connectivity index (χ1n) is 5.71. The van der Waals surface area contributed by atoms with Crippen molar-refractivity contribution in [2.45, 2.75) is 4.90 Å². The Morgan fingerprint density at radius 3 is 2.47 bits per heavy atom. The van der Waals surface area contributed by atoms with Crippen molar-refractivity contribution in [3.05, 3.63) is 51.4 Å². The van der Waals surface area contributed by atoms with Gasteiger partial charge in [-0.05, 0) is 61.7 Å². The maximum atomic E-state index is 3.64. The number of thiophene rings is 1. The summed E-state index contributed by atoms with van der Waals surface area (Å²) >= 11 is 10.9. The van der Waals surface area contributed by atoms with Crippen LogP contribution in [0.2, 0.25) is 0 Å². The fraction of sp³-hybridized carbons (Fsp3) is 0.0667. The molecular weight excluding hydrogens is 404 g/mol. The molecule has 4 heteroatoms. The molecule has 0 spiro atoms. The van der Waals surface area contributed by atoms with Gasteiger partial charge in [0.2, 0.25) is 0 Å². The zero-order valence-corrected chi connectivity index (χ0v) is 14.9. The predicted molar refractivity (Wildman–Crippen MR) is 94.4 cm³/mol. The number of fused-ring (bicyclic) bond motifs is 1. The molecule has 0 N–H and O–H groups in total.